The Morgan fingerprint density at radius 3 is 2.39 bits per heavy atom. The van der Waals surface area contributed by atoms with Crippen LogP contribution in [0.15, 0.2) is 61.1 Å². The summed E-state index contributed by atoms with van der Waals surface area (Å²) >= 11 is 0. The highest BCUT2D eigenvalue weighted by atomic mass is 15.2. The molecule has 3 aromatic rings. The van der Waals surface area contributed by atoms with Crippen LogP contribution in [0.3, 0.4) is 0 Å². The van der Waals surface area contributed by atoms with Crippen LogP contribution in [-0.2, 0) is 6.54 Å². The van der Waals surface area contributed by atoms with E-state index in [4.69, 9.17) is 0 Å². The van der Waals surface area contributed by atoms with E-state index in [1.165, 1.54) is 5.69 Å². The van der Waals surface area contributed by atoms with Gasteiger partial charge >= 0.3 is 0 Å². The maximum Gasteiger partial charge on any atom is 0.224 e. The fourth-order valence-corrected chi connectivity index (χ4v) is 3.16. The smallest absolute Gasteiger partial charge is 0.224 e. The molecule has 1 saturated heterocycles. The van der Waals surface area contributed by atoms with Crippen molar-refractivity contribution in [3.63, 3.8) is 0 Å². The Hall–Kier alpha value is -3.19. The third kappa shape index (κ3) is 4.75. The summed E-state index contributed by atoms with van der Waals surface area (Å²) in [5, 5.41) is 6.59. The van der Waals surface area contributed by atoms with Gasteiger partial charge in [0.2, 0.25) is 5.95 Å². The standard InChI is InChI=1S/C21H25N7/c1-27-12-14-28(15-13-27)19-4-2-18(3-5-19)25-20-8-11-23-21(26-20)24-16-17-6-9-22-10-7-17/h2-11H,12-16H2,1H3,(H2,23,24,25,26). The van der Waals surface area contributed by atoms with Gasteiger partial charge < -0.3 is 20.4 Å². The van der Waals surface area contributed by atoms with Crippen LogP contribution in [0.1, 0.15) is 5.56 Å². The first-order chi connectivity index (χ1) is 13.8. The van der Waals surface area contributed by atoms with Crippen molar-refractivity contribution in [1.82, 2.24) is 19.9 Å². The third-order valence-electron chi connectivity index (χ3n) is 4.86. The van der Waals surface area contributed by atoms with E-state index in [1.807, 2.05) is 18.2 Å². The van der Waals surface area contributed by atoms with E-state index in [9.17, 15) is 0 Å². The minimum Gasteiger partial charge on any atom is -0.369 e. The molecular weight excluding hydrogens is 350 g/mol. The second kappa shape index (κ2) is 8.67. The SMILES string of the molecule is CN1CCN(c2ccc(Nc3ccnc(NCc4ccncc4)n3)cc2)CC1. The van der Waals surface area contributed by atoms with E-state index in [0.29, 0.717) is 12.5 Å². The summed E-state index contributed by atoms with van der Waals surface area (Å²) in [5.41, 5.74) is 3.41. The summed E-state index contributed by atoms with van der Waals surface area (Å²) in [7, 11) is 2.17. The van der Waals surface area contributed by atoms with E-state index < -0.39 is 0 Å². The fraction of sp³-hybridized carbons (Fsp3) is 0.286. The molecule has 3 heterocycles. The van der Waals surface area contributed by atoms with Crippen LogP contribution in [0.25, 0.3) is 0 Å². The summed E-state index contributed by atoms with van der Waals surface area (Å²) < 4.78 is 0. The van der Waals surface area contributed by atoms with Gasteiger partial charge in [-0.3, -0.25) is 4.98 Å². The van der Waals surface area contributed by atoms with Gasteiger partial charge in [0.25, 0.3) is 0 Å². The molecule has 1 aliphatic rings. The molecule has 28 heavy (non-hydrogen) atoms. The lowest BCUT2D eigenvalue weighted by atomic mass is 10.2. The van der Waals surface area contributed by atoms with Crippen LogP contribution in [0.4, 0.5) is 23.1 Å². The number of hydrogen-bond acceptors (Lipinski definition) is 7. The Labute approximate surface area is 165 Å². The van der Waals surface area contributed by atoms with Crippen molar-refractivity contribution < 1.29 is 0 Å². The van der Waals surface area contributed by atoms with Gasteiger partial charge in [-0.1, -0.05) is 0 Å². The zero-order chi connectivity index (χ0) is 19.2. The number of benzene rings is 1. The summed E-state index contributed by atoms with van der Waals surface area (Å²) in [6.45, 7) is 5.02. The number of hydrogen-bond donors (Lipinski definition) is 2. The number of aromatic nitrogens is 3. The highest BCUT2D eigenvalue weighted by Crippen LogP contribution is 2.21. The Balaban J connectivity index is 1.36. The van der Waals surface area contributed by atoms with Crippen molar-refractivity contribution >= 4 is 23.1 Å². The molecule has 4 rings (SSSR count). The predicted octanol–water partition coefficient (Wildman–Crippen LogP) is 2.98. The lowest BCUT2D eigenvalue weighted by molar-refractivity contribution is 0.313. The van der Waals surface area contributed by atoms with Crippen LogP contribution in [0, 0.1) is 0 Å². The molecule has 1 aliphatic heterocycles. The zero-order valence-corrected chi connectivity index (χ0v) is 16.0. The molecule has 0 aliphatic carbocycles. The molecule has 2 aromatic heterocycles. The average molecular weight is 375 g/mol. The Bertz CT molecular complexity index is 875. The highest BCUT2D eigenvalue weighted by molar-refractivity contribution is 5.61. The molecule has 0 atom stereocenters. The van der Waals surface area contributed by atoms with Gasteiger partial charge in [-0.25, -0.2) is 4.98 Å². The molecule has 1 fully saturated rings. The fourth-order valence-electron chi connectivity index (χ4n) is 3.16. The van der Waals surface area contributed by atoms with Gasteiger partial charge in [-0.2, -0.15) is 4.98 Å². The number of nitrogens with zero attached hydrogens (tertiary/aromatic N) is 5. The first-order valence-corrected chi connectivity index (χ1v) is 9.53. The van der Waals surface area contributed by atoms with Crippen LogP contribution in [0.2, 0.25) is 0 Å². The van der Waals surface area contributed by atoms with E-state index in [1.54, 1.807) is 18.6 Å². The minimum atomic E-state index is 0.593. The monoisotopic (exact) mass is 375 g/mol. The molecule has 144 valence electrons. The molecule has 0 bridgehead atoms. The second-order valence-electron chi connectivity index (χ2n) is 6.94. The minimum absolute atomic E-state index is 0.593. The number of rotatable bonds is 6. The van der Waals surface area contributed by atoms with Gasteiger partial charge in [0, 0.05) is 62.7 Å². The third-order valence-corrected chi connectivity index (χ3v) is 4.86. The van der Waals surface area contributed by atoms with Crippen molar-refractivity contribution in [2.24, 2.45) is 0 Å². The lowest BCUT2D eigenvalue weighted by Gasteiger charge is -2.34. The second-order valence-corrected chi connectivity index (χ2v) is 6.94. The maximum atomic E-state index is 4.54. The topological polar surface area (TPSA) is 69.2 Å². The van der Waals surface area contributed by atoms with Crippen molar-refractivity contribution in [1.29, 1.82) is 0 Å². The molecule has 0 unspecified atom stereocenters. The van der Waals surface area contributed by atoms with E-state index >= 15 is 0 Å². The Morgan fingerprint density at radius 2 is 1.64 bits per heavy atom. The summed E-state index contributed by atoms with van der Waals surface area (Å²) in [6, 6.07) is 14.3. The first-order valence-electron chi connectivity index (χ1n) is 9.53. The maximum absolute atomic E-state index is 4.54. The van der Waals surface area contributed by atoms with Crippen molar-refractivity contribution in [3.05, 3.63) is 66.6 Å². The Morgan fingerprint density at radius 1 is 0.893 bits per heavy atom. The van der Waals surface area contributed by atoms with Gasteiger partial charge in [0.15, 0.2) is 0 Å². The van der Waals surface area contributed by atoms with Crippen molar-refractivity contribution in [3.8, 4) is 0 Å². The highest BCUT2D eigenvalue weighted by Gasteiger charge is 2.13. The largest absolute Gasteiger partial charge is 0.369 e. The predicted molar refractivity (Wildman–Crippen MR) is 113 cm³/mol. The number of likely N-dealkylation sites (N-methyl/N-ethyl adjacent to an activating group) is 1. The zero-order valence-electron chi connectivity index (χ0n) is 16.0. The number of piperazine rings is 1. The van der Waals surface area contributed by atoms with Crippen LogP contribution in [-0.4, -0.2) is 53.1 Å². The molecule has 0 amide bonds. The molecule has 7 heteroatoms. The summed E-state index contributed by atoms with van der Waals surface area (Å²) in [6.07, 6.45) is 5.31. The first kappa shape index (κ1) is 18.2. The van der Waals surface area contributed by atoms with E-state index in [0.717, 1.165) is 43.2 Å². The molecule has 0 spiro atoms. The molecular formula is C21H25N7. The van der Waals surface area contributed by atoms with E-state index in [-0.39, 0.29) is 0 Å². The molecule has 0 saturated carbocycles. The van der Waals surface area contributed by atoms with Gasteiger partial charge in [0.1, 0.15) is 5.82 Å². The molecule has 0 radical (unpaired) electrons. The van der Waals surface area contributed by atoms with Crippen LogP contribution in [0.5, 0.6) is 0 Å². The molecule has 1 aromatic carbocycles. The van der Waals surface area contributed by atoms with Crippen LogP contribution < -0.4 is 15.5 Å². The van der Waals surface area contributed by atoms with Crippen molar-refractivity contribution in [2.75, 3.05) is 48.8 Å². The summed E-state index contributed by atoms with van der Waals surface area (Å²) in [4.78, 5) is 17.6. The number of pyridine rings is 1. The molecule has 2 N–H and O–H groups in total. The Kier molecular flexibility index (Phi) is 5.63. The lowest BCUT2D eigenvalue weighted by Crippen LogP contribution is -2.44. The number of anilines is 4. The van der Waals surface area contributed by atoms with Gasteiger partial charge in [-0.05, 0) is 55.1 Å². The van der Waals surface area contributed by atoms with Gasteiger partial charge in [0.05, 0.1) is 0 Å². The van der Waals surface area contributed by atoms with E-state index in [2.05, 4.69) is 66.7 Å². The average Bonchev–Trinajstić information content (AvgIpc) is 2.75. The normalized spacial score (nSPS) is 14.7. The number of nitrogens with one attached hydrogen (secondary N) is 2. The van der Waals surface area contributed by atoms with Crippen molar-refractivity contribution in [2.45, 2.75) is 6.54 Å². The van der Waals surface area contributed by atoms with Gasteiger partial charge in [-0.15, -0.1) is 0 Å². The summed E-state index contributed by atoms with van der Waals surface area (Å²) in [5.74, 6) is 1.36. The molecule has 7 nitrogen and oxygen atoms in total. The quantitative estimate of drug-likeness (QED) is 0.686. The van der Waals surface area contributed by atoms with Crippen LogP contribution >= 0.6 is 0 Å².